The third kappa shape index (κ3) is 142. The van der Waals surface area contributed by atoms with Crippen LogP contribution in [0.3, 0.4) is 0 Å². The summed E-state index contributed by atoms with van der Waals surface area (Å²) in [6.45, 7) is 0. The Kier molecular flexibility index (Phi) is 35.2. The SMILES string of the molecule is NCl.O=[SH](=O)[O-].[Na+]. The zero-order valence-corrected chi connectivity index (χ0v) is 7.28. The zero-order valence-electron chi connectivity index (χ0n) is 3.63. The zero-order chi connectivity index (χ0) is 5.58. The molecule has 0 spiro atoms. The first-order valence-corrected chi connectivity index (χ1v) is 2.30. The fourth-order valence-corrected chi connectivity index (χ4v) is 0. The quantitative estimate of drug-likeness (QED) is 0.161. The second-order valence-corrected chi connectivity index (χ2v) is 0.671. The van der Waals surface area contributed by atoms with Gasteiger partial charge >= 0.3 is 29.6 Å². The Morgan fingerprint density at radius 1 is 1.43 bits per heavy atom. The van der Waals surface area contributed by atoms with Crippen LogP contribution >= 0.6 is 11.8 Å². The maximum atomic E-state index is 8.48. The Morgan fingerprint density at radius 3 is 1.43 bits per heavy atom. The van der Waals surface area contributed by atoms with Crippen molar-refractivity contribution in [1.29, 1.82) is 0 Å². The van der Waals surface area contributed by atoms with Gasteiger partial charge in [0, 0.05) is 0 Å². The molecule has 2 N–H and O–H groups in total. The molecule has 0 aromatic rings. The summed E-state index contributed by atoms with van der Waals surface area (Å²) in [6, 6.07) is 0. The molecule has 0 aromatic carbocycles. The molecule has 0 bridgehead atoms. The first-order chi connectivity index (χ1) is 2.73. The van der Waals surface area contributed by atoms with Crippen LogP contribution in [0.2, 0.25) is 0 Å². The van der Waals surface area contributed by atoms with E-state index in [2.05, 4.69) is 17.0 Å². The van der Waals surface area contributed by atoms with Gasteiger partial charge in [0.25, 0.3) is 0 Å². The third-order valence-corrected chi connectivity index (χ3v) is 0. The molecule has 0 aromatic heterocycles. The topological polar surface area (TPSA) is 83.2 Å². The number of hydrogen-bond donors (Lipinski definition) is 2. The van der Waals surface area contributed by atoms with Crippen molar-refractivity contribution < 1.29 is 42.5 Å². The number of thiol groups is 1. The number of rotatable bonds is 0. The van der Waals surface area contributed by atoms with Crippen LogP contribution in [-0.4, -0.2) is 13.0 Å². The molecule has 0 amide bonds. The van der Waals surface area contributed by atoms with Gasteiger partial charge < -0.3 is 4.55 Å². The van der Waals surface area contributed by atoms with E-state index < -0.39 is 11.0 Å². The van der Waals surface area contributed by atoms with E-state index in [9.17, 15) is 0 Å². The summed E-state index contributed by atoms with van der Waals surface area (Å²) in [5, 5.41) is 3.97. The van der Waals surface area contributed by atoms with Gasteiger partial charge in [-0.15, -0.1) is 0 Å². The Hall–Kier alpha value is 1.16. The molecule has 0 unspecified atom stereocenters. The summed E-state index contributed by atoms with van der Waals surface area (Å²) in [6.07, 6.45) is 0. The number of nitrogens with two attached hydrogens (primary N) is 1. The molecule has 40 valence electrons. The average molecular weight is 156 g/mol. The molecule has 0 heterocycles. The fourth-order valence-electron chi connectivity index (χ4n) is 0. The Labute approximate surface area is 70.2 Å². The monoisotopic (exact) mass is 155 g/mol. The molecular weight excluding hydrogens is 153 g/mol. The smallest absolute Gasteiger partial charge is 0.750 e. The van der Waals surface area contributed by atoms with Crippen LogP contribution in [0, 0.1) is 0 Å². The second-order valence-electron chi connectivity index (χ2n) is 0.224. The largest absolute Gasteiger partial charge is 1.00 e. The molecule has 0 rings (SSSR count). The third-order valence-electron chi connectivity index (χ3n) is 0. The van der Waals surface area contributed by atoms with E-state index in [0.29, 0.717) is 0 Å². The molecule has 0 radical (unpaired) electrons. The van der Waals surface area contributed by atoms with Crippen molar-refractivity contribution in [2.24, 2.45) is 5.25 Å². The average Bonchev–Trinajstić information content (AvgIpc) is 1.41. The van der Waals surface area contributed by atoms with Crippen LogP contribution in [0.1, 0.15) is 0 Å². The van der Waals surface area contributed by atoms with E-state index in [0.717, 1.165) is 0 Å². The van der Waals surface area contributed by atoms with Crippen molar-refractivity contribution >= 4 is 22.8 Å². The van der Waals surface area contributed by atoms with Crippen LogP contribution in [0.5, 0.6) is 0 Å². The standard InChI is InChI=1S/ClH2N.Na.H2O3S/c1-2;;1-4(2)3/h2H2;;4H,(H,1,2,3)/q;+1;/p-1. The van der Waals surface area contributed by atoms with E-state index in [1.54, 1.807) is 0 Å². The molecule has 0 aliphatic carbocycles. The summed E-state index contributed by atoms with van der Waals surface area (Å²) in [4.78, 5) is 0. The van der Waals surface area contributed by atoms with E-state index in [-0.39, 0.29) is 29.6 Å². The summed E-state index contributed by atoms with van der Waals surface area (Å²) >= 11 is 4.14. The molecule has 0 saturated heterocycles. The maximum Gasteiger partial charge on any atom is 1.00 e. The predicted octanol–water partition coefficient (Wildman–Crippen LogP) is -4.17. The van der Waals surface area contributed by atoms with Crippen LogP contribution in [0.4, 0.5) is 0 Å². The molecule has 0 saturated carbocycles. The van der Waals surface area contributed by atoms with Crippen molar-refractivity contribution in [3.63, 3.8) is 0 Å². The minimum absolute atomic E-state index is 0. The first-order valence-electron chi connectivity index (χ1n) is 0.766. The van der Waals surface area contributed by atoms with Crippen LogP contribution in [-0.2, 0) is 11.0 Å². The molecule has 7 heteroatoms. The number of halogens is 1. The first kappa shape index (κ1) is 15.7. The fraction of sp³-hybridized carbons (Fsp3) is 0. The maximum absolute atomic E-state index is 8.48. The van der Waals surface area contributed by atoms with Crippen LogP contribution in [0.15, 0.2) is 0 Å². The summed E-state index contributed by atoms with van der Waals surface area (Å²) in [5.41, 5.74) is 0. The Morgan fingerprint density at radius 2 is 1.43 bits per heavy atom. The van der Waals surface area contributed by atoms with Gasteiger partial charge in [0.2, 0.25) is 0 Å². The summed E-state index contributed by atoms with van der Waals surface area (Å²) in [7, 11) is -3.37. The minimum atomic E-state index is -3.37. The molecule has 4 nitrogen and oxygen atoms in total. The summed E-state index contributed by atoms with van der Waals surface area (Å²) < 4.78 is 25.4. The van der Waals surface area contributed by atoms with Gasteiger partial charge in [-0.3, -0.25) is 0 Å². The van der Waals surface area contributed by atoms with Gasteiger partial charge in [-0.2, -0.15) is 0 Å². The minimum Gasteiger partial charge on any atom is -0.750 e. The van der Waals surface area contributed by atoms with Gasteiger partial charge in [-0.1, -0.05) is 0 Å². The van der Waals surface area contributed by atoms with E-state index >= 15 is 0 Å². The van der Waals surface area contributed by atoms with Crippen LogP contribution < -0.4 is 34.8 Å². The molecule has 0 aliphatic rings. The predicted molar refractivity (Wildman–Crippen MR) is 21.1 cm³/mol. The van der Waals surface area contributed by atoms with Gasteiger partial charge in [0.05, 0.1) is 11.0 Å². The Bertz CT molecular complexity index is 63.3. The Balaban J connectivity index is -0.0000000480. The van der Waals surface area contributed by atoms with Crippen molar-refractivity contribution in [2.75, 3.05) is 0 Å². The van der Waals surface area contributed by atoms with Crippen molar-refractivity contribution in [3.8, 4) is 0 Å². The molecular formula is H3ClNNaO3S. The van der Waals surface area contributed by atoms with Crippen molar-refractivity contribution in [2.45, 2.75) is 0 Å². The van der Waals surface area contributed by atoms with Gasteiger partial charge in [-0.25, -0.2) is 13.7 Å². The van der Waals surface area contributed by atoms with Crippen molar-refractivity contribution in [1.82, 2.24) is 0 Å². The normalized spacial score (nSPS) is 5.71. The van der Waals surface area contributed by atoms with Crippen molar-refractivity contribution in [3.05, 3.63) is 0 Å². The van der Waals surface area contributed by atoms with E-state index in [1.807, 2.05) is 0 Å². The van der Waals surface area contributed by atoms with Gasteiger partial charge in [0.1, 0.15) is 0 Å². The number of hydrogen-bond acceptors (Lipinski definition) is 4. The molecule has 7 heavy (non-hydrogen) atoms. The molecule has 0 aliphatic heterocycles. The molecule has 0 fully saturated rings. The van der Waals surface area contributed by atoms with Crippen LogP contribution in [0.25, 0.3) is 0 Å². The summed E-state index contributed by atoms with van der Waals surface area (Å²) in [5.74, 6) is 0. The van der Waals surface area contributed by atoms with Gasteiger partial charge in [-0.05, 0) is 11.8 Å². The van der Waals surface area contributed by atoms with Gasteiger partial charge in [0.15, 0.2) is 0 Å². The van der Waals surface area contributed by atoms with E-state index in [1.165, 1.54) is 0 Å². The molecule has 0 atom stereocenters. The van der Waals surface area contributed by atoms with E-state index in [4.69, 9.17) is 13.0 Å². The second kappa shape index (κ2) is 15.7.